The van der Waals surface area contributed by atoms with E-state index < -0.39 is 18.0 Å². The SMILES string of the molecule is COc1ccc(Br)cc1NC(=O)N1CCC[C@H]1C(=O)O. The predicted octanol–water partition coefficient (Wildman–Crippen LogP) is 2.54. The Kier molecular flexibility index (Phi) is 4.49. The lowest BCUT2D eigenvalue weighted by Crippen LogP contribution is -2.42. The lowest BCUT2D eigenvalue weighted by Gasteiger charge is -2.22. The molecule has 2 rings (SSSR count). The molecule has 0 bridgehead atoms. The molecule has 2 N–H and O–H groups in total. The Morgan fingerprint density at radius 3 is 2.90 bits per heavy atom. The summed E-state index contributed by atoms with van der Waals surface area (Å²) in [5.74, 6) is -0.452. The minimum atomic E-state index is -0.973. The van der Waals surface area contributed by atoms with Gasteiger partial charge in [0.15, 0.2) is 0 Å². The number of carbonyl (C=O) groups is 2. The fraction of sp³-hybridized carbons (Fsp3) is 0.385. The van der Waals surface area contributed by atoms with Crippen molar-refractivity contribution in [1.82, 2.24) is 4.90 Å². The molecule has 108 valence electrons. The second-order valence-corrected chi connectivity index (χ2v) is 5.38. The van der Waals surface area contributed by atoms with Crippen LogP contribution in [0.15, 0.2) is 22.7 Å². The van der Waals surface area contributed by atoms with E-state index in [1.54, 1.807) is 18.2 Å². The molecule has 20 heavy (non-hydrogen) atoms. The Hall–Kier alpha value is -1.76. The maximum absolute atomic E-state index is 12.2. The van der Waals surface area contributed by atoms with Crippen molar-refractivity contribution in [3.05, 3.63) is 22.7 Å². The number of likely N-dealkylation sites (tertiary alicyclic amines) is 1. The molecule has 1 aliphatic heterocycles. The van der Waals surface area contributed by atoms with Gasteiger partial charge in [0.1, 0.15) is 11.8 Å². The van der Waals surface area contributed by atoms with Crippen LogP contribution in [0.4, 0.5) is 10.5 Å². The first kappa shape index (κ1) is 14.6. The number of benzene rings is 1. The number of halogens is 1. The molecule has 2 amide bonds. The van der Waals surface area contributed by atoms with Crippen molar-refractivity contribution < 1.29 is 19.4 Å². The van der Waals surface area contributed by atoms with Gasteiger partial charge in [-0.05, 0) is 31.0 Å². The Morgan fingerprint density at radius 2 is 2.25 bits per heavy atom. The summed E-state index contributed by atoms with van der Waals surface area (Å²) >= 11 is 3.32. The minimum absolute atomic E-state index is 0.425. The summed E-state index contributed by atoms with van der Waals surface area (Å²) in [7, 11) is 1.51. The van der Waals surface area contributed by atoms with Gasteiger partial charge in [0.25, 0.3) is 0 Å². The highest BCUT2D eigenvalue weighted by molar-refractivity contribution is 9.10. The Morgan fingerprint density at radius 1 is 1.50 bits per heavy atom. The normalized spacial score (nSPS) is 17.9. The topological polar surface area (TPSA) is 78.9 Å². The zero-order valence-electron chi connectivity index (χ0n) is 10.9. The highest BCUT2D eigenvalue weighted by atomic mass is 79.9. The van der Waals surface area contributed by atoms with Gasteiger partial charge in [-0.3, -0.25) is 0 Å². The van der Waals surface area contributed by atoms with Crippen molar-refractivity contribution >= 4 is 33.6 Å². The largest absolute Gasteiger partial charge is 0.495 e. The molecule has 1 fully saturated rings. The Bertz CT molecular complexity index is 535. The average molecular weight is 343 g/mol. The molecule has 0 aliphatic carbocycles. The van der Waals surface area contributed by atoms with Crippen LogP contribution >= 0.6 is 15.9 Å². The van der Waals surface area contributed by atoms with E-state index in [0.717, 1.165) is 4.47 Å². The molecule has 1 heterocycles. The molecule has 1 aliphatic rings. The fourth-order valence-electron chi connectivity index (χ4n) is 2.23. The zero-order valence-corrected chi connectivity index (χ0v) is 12.5. The molecule has 7 heteroatoms. The van der Waals surface area contributed by atoms with E-state index in [1.165, 1.54) is 12.0 Å². The number of carboxylic acid groups (broad SMARTS) is 1. The van der Waals surface area contributed by atoms with E-state index in [1.807, 2.05) is 0 Å². The van der Waals surface area contributed by atoms with Gasteiger partial charge in [0.05, 0.1) is 12.8 Å². The quantitative estimate of drug-likeness (QED) is 0.884. The summed E-state index contributed by atoms with van der Waals surface area (Å²) in [5, 5.41) is 11.8. The first-order valence-corrected chi connectivity index (χ1v) is 6.96. The van der Waals surface area contributed by atoms with Crippen molar-refractivity contribution in [2.24, 2.45) is 0 Å². The minimum Gasteiger partial charge on any atom is -0.495 e. The number of methoxy groups -OCH3 is 1. The van der Waals surface area contributed by atoms with Gasteiger partial charge in [-0.1, -0.05) is 15.9 Å². The summed E-state index contributed by atoms with van der Waals surface area (Å²) in [6, 6.07) is 4.05. The highest BCUT2D eigenvalue weighted by Crippen LogP contribution is 2.29. The van der Waals surface area contributed by atoms with Gasteiger partial charge in [-0.15, -0.1) is 0 Å². The summed E-state index contributed by atoms with van der Waals surface area (Å²) in [5.41, 5.74) is 0.503. The third-order valence-corrected chi connectivity index (χ3v) is 3.70. The summed E-state index contributed by atoms with van der Waals surface area (Å²) < 4.78 is 5.96. The van der Waals surface area contributed by atoms with Crippen molar-refractivity contribution in [2.75, 3.05) is 19.0 Å². The van der Waals surface area contributed by atoms with Crippen LogP contribution in [0.1, 0.15) is 12.8 Å². The maximum Gasteiger partial charge on any atom is 0.326 e. The number of aliphatic carboxylic acids is 1. The average Bonchev–Trinajstić information content (AvgIpc) is 2.88. The molecule has 1 aromatic carbocycles. The summed E-state index contributed by atoms with van der Waals surface area (Å²) in [6.45, 7) is 0.444. The van der Waals surface area contributed by atoms with E-state index >= 15 is 0 Å². The van der Waals surface area contributed by atoms with Crippen LogP contribution in [-0.4, -0.2) is 41.7 Å². The van der Waals surface area contributed by atoms with Crippen LogP contribution in [-0.2, 0) is 4.79 Å². The van der Waals surface area contributed by atoms with Crippen molar-refractivity contribution in [1.29, 1.82) is 0 Å². The third-order valence-electron chi connectivity index (χ3n) is 3.20. The molecule has 1 atom stereocenters. The van der Waals surface area contributed by atoms with E-state index in [4.69, 9.17) is 9.84 Å². The number of hydrogen-bond acceptors (Lipinski definition) is 3. The summed E-state index contributed by atoms with van der Waals surface area (Å²) in [4.78, 5) is 24.6. The van der Waals surface area contributed by atoms with Gasteiger partial charge in [0.2, 0.25) is 0 Å². The highest BCUT2D eigenvalue weighted by Gasteiger charge is 2.34. The number of urea groups is 1. The number of rotatable bonds is 3. The lowest BCUT2D eigenvalue weighted by atomic mass is 10.2. The van der Waals surface area contributed by atoms with Crippen LogP contribution in [0.5, 0.6) is 5.75 Å². The van der Waals surface area contributed by atoms with Crippen molar-refractivity contribution in [3.63, 3.8) is 0 Å². The number of carbonyl (C=O) groups excluding carboxylic acids is 1. The predicted molar refractivity (Wildman–Crippen MR) is 77.1 cm³/mol. The van der Waals surface area contributed by atoms with E-state index in [-0.39, 0.29) is 0 Å². The van der Waals surface area contributed by atoms with Crippen LogP contribution in [0, 0.1) is 0 Å². The van der Waals surface area contributed by atoms with Crippen LogP contribution in [0.3, 0.4) is 0 Å². The standard InChI is InChI=1S/C13H15BrN2O4/c1-20-11-5-4-8(14)7-9(11)15-13(19)16-6-2-3-10(16)12(17)18/h4-5,7,10H,2-3,6H2,1H3,(H,15,19)(H,17,18)/t10-/m0/s1. The maximum atomic E-state index is 12.2. The number of carboxylic acids is 1. The Balaban J connectivity index is 2.15. The first-order chi connectivity index (χ1) is 9.52. The lowest BCUT2D eigenvalue weighted by molar-refractivity contribution is -0.141. The van der Waals surface area contributed by atoms with Crippen LogP contribution < -0.4 is 10.1 Å². The molecule has 0 spiro atoms. The number of amides is 2. The number of ether oxygens (including phenoxy) is 1. The number of nitrogens with zero attached hydrogens (tertiary/aromatic N) is 1. The van der Waals surface area contributed by atoms with Gasteiger partial charge in [-0.2, -0.15) is 0 Å². The van der Waals surface area contributed by atoms with Crippen LogP contribution in [0.2, 0.25) is 0 Å². The molecule has 6 nitrogen and oxygen atoms in total. The van der Waals surface area contributed by atoms with E-state index in [2.05, 4.69) is 21.2 Å². The molecule has 0 saturated carbocycles. The van der Waals surface area contributed by atoms with Gasteiger partial charge in [0, 0.05) is 11.0 Å². The second kappa shape index (κ2) is 6.13. The third kappa shape index (κ3) is 3.04. The van der Waals surface area contributed by atoms with E-state index in [0.29, 0.717) is 30.8 Å². The number of nitrogens with one attached hydrogen (secondary N) is 1. The van der Waals surface area contributed by atoms with Gasteiger partial charge >= 0.3 is 12.0 Å². The van der Waals surface area contributed by atoms with Gasteiger partial charge in [-0.25, -0.2) is 9.59 Å². The van der Waals surface area contributed by atoms with Crippen molar-refractivity contribution in [2.45, 2.75) is 18.9 Å². The molecular formula is C13H15BrN2O4. The zero-order chi connectivity index (χ0) is 14.7. The molecule has 0 radical (unpaired) electrons. The molecule has 0 aromatic heterocycles. The Labute approximate surface area is 124 Å². The molecular weight excluding hydrogens is 328 g/mol. The molecule has 0 unspecified atom stereocenters. The van der Waals surface area contributed by atoms with Crippen molar-refractivity contribution in [3.8, 4) is 5.75 Å². The molecule has 1 saturated heterocycles. The number of hydrogen-bond donors (Lipinski definition) is 2. The number of anilines is 1. The van der Waals surface area contributed by atoms with E-state index in [9.17, 15) is 9.59 Å². The summed E-state index contributed by atoms with van der Waals surface area (Å²) in [6.07, 6.45) is 1.18. The van der Waals surface area contributed by atoms with Gasteiger partial charge < -0.3 is 20.1 Å². The smallest absolute Gasteiger partial charge is 0.326 e. The monoisotopic (exact) mass is 342 g/mol. The second-order valence-electron chi connectivity index (χ2n) is 4.46. The fourth-order valence-corrected chi connectivity index (χ4v) is 2.59. The molecule has 1 aromatic rings. The first-order valence-electron chi connectivity index (χ1n) is 6.17. The van der Waals surface area contributed by atoms with Crippen LogP contribution in [0.25, 0.3) is 0 Å².